The van der Waals surface area contributed by atoms with Gasteiger partial charge in [0, 0.05) is 25.1 Å². The van der Waals surface area contributed by atoms with Crippen LogP contribution in [-0.2, 0) is 14.8 Å². The maximum atomic E-state index is 12.2. The van der Waals surface area contributed by atoms with Gasteiger partial charge in [-0.15, -0.1) is 0 Å². The number of carbonyl (C=O) groups is 1. The molecule has 0 aliphatic heterocycles. The first kappa shape index (κ1) is 22.3. The van der Waals surface area contributed by atoms with Gasteiger partial charge in [-0.25, -0.2) is 8.42 Å². The molecule has 0 aromatic heterocycles. The Balaban J connectivity index is 2.72. The van der Waals surface area contributed by atoms with E-state index in [1.807, 2.05) is 0 Å². The van der Waals surface area contributed by atoms with Gasteiger partial charge >= 0.3 is 0 Å². The van der Waals surface area contributed by atoms with Crippen molar-refractivity contribution >= 4 is 21.6 Å². The first-order valence-electron chi connectivity index (χ1n) is 8.97. The molecule has 6 nitrogen and oxygen atoms in total. The summed E-state index contributed by atoms with van der Waals surface area (Å²) in [4.78, 5) is 12.2. The van der Waals surface area contributed by atoms with E-state index in [-0.39, 0.29) is 24.9 Å². The molecular weight excluding hydrogens is 352 g/mol. The van der Waals surface area contributed by atoms with E-state index in [9.17, 15) is 13.2 Å². The molecule has 0 bridgehead atoms. The normalized spacial score (nSPS) is 11.9. The first-order valence-corrected chi connectivity index (χ1v) is 10.8. The second-order valence-corrected chi connectivity index (χ2v) is 9.13. The number of sulfonamides is 1. The number of methoxy groups -OCH3 is 1. The summed E-state index contributed by atoms with van der Waals surface area (Å²) in [6.07, 6.45) is 1.89. The summed E-state index contributed by atoms with van der Waals surface area (Å²) in [6, 6.07) is 7.02. The zero-order chi connectivity index (χ0) is 19.9. The van der Waals surface area contributed by atoms with Gasteiger partial charge in [0.05, 0.1) is 19.1 Å². The summed E-state index contributed by atoms with van der Waals surface area (Å²) in [5.74, 6) is 1.24. The Bertz CT molecular complexity index is 679. The number of carbonyl (C=O) groups excluding carboxylic acids is 1. The highest BCUT2D eigenvalue weighted by Crippen LogP contribution is 2.23. The molecule has 7 heteroatoms. The maximum absolute atomic E-state index is 12.2. The zero-order valence-electron chi connectivity index (χ0n) is 16.7. The topological polar surface area (TPSA) is 75.7 Å². The van der Waals surface area contributed by atoms with Gasteiger partial charge in [-0.05, 0) is 30.4 Å². The lowest BCUT2D eigenvalue weighted by Crippen LogP contribution is -2.42. The molecule has 148 valence electrons. The quantitative estimate of drug-likeness (QED) is 0.673. The summed E-state index contributed by atoms with van der Waals surface area (Å²) in [5, 5.41) is 3.06. The lowest BCUT2D eigenvalue weighted by molar-refractivity contribution is -0.122. The molecule has 0 atom stereocenters. The molecule has 1 rings (SSSR count). The van der Waals surface area contributed by atoms with Crippen LogP contribution in [0, 0.1) is 11.8 Å². The highest BCUT2D eigenvalue weighted by atomic mass is 32.2. The summed E-state index contributed by atoms with van der Waals surface area (Å²) in [5.41, 5.74) is 0.537. The fourth-order valence-electron chi connectivity index (χ4n) is 3.00. The predicted molar refractivity (Wildman–Crippen MR) is 106 cm³/mol. The van der Waals surface area contributed by atoms with E-state index in [1.54, 1.807) is 24.3 Å². The average Bonchev–Trinajstić information content (AvgIpc) is 2.54. The first-order chi connectivity index (χ1) is 12.1. The number of nitrogens with zero attached hydrogens (tertiary/aromatic N) is 1. The van der Waals surface area contributed by atoms with Crippen molar-refractivity contribution in [3.63, 3.8) is 0 Å². The van der Waals surface area contributed by atoms with Crippen molar-refractivity contribution in [2.75, 3.05) is 24.2 Å². The van der Waals surface area contributed by atoms with E-state index >= 15 is 0 Å². The van der Waals surface area contributed by atoms with Crippen molar-refractivity contribution in [2.24, 2.45) is 11.8 Å². The number of anilines is 1. The Morgan fingerprint density at radius 1 is 1.19 bits per heavy atom. The second kappa shape index (κ2) is 9.80. The Morgan fingerprint density at radius 3 is 2.31 bits per heavy atom. The van der Waals surface area contributed by atoms with Crippen molar-refractivity contribution < 1.29 is 17.9 Å². The molecule has 1 amide bonds. The average molecular weight is 385 g/mol. The van der Waals surface area contributed by atoms with E-state index in [2.05, 4.69) is 33.0 Å². The zero-order valence-corrected chi connectivity index (χ0v) is 17.5. The third-order valence-electron chi connectivity index (χ3n) is 4.27. The van der Waals surface area contributed by atoms with Gasteiger partial charge in [-0.3, -0.25) is 9.10 Å². The van der Waals surface area contributed by atoms with Crippen LogP contribution >= 0.6 is 0 Å². The molecule has 1 aromatic rings. The summed E-state index contributed by atoms with van der Waals surface area (Å²) >= 11 is 0. The van der Waals surface area contributed by atoms with E-state index in [1.165, 1.54) is 17.7 Å². The molecule has 0 spiro atoms. The van der Waals surface area contributed by atoms with Crippen LogP contribution in [0.25, 0.3) is 0 Å². The SMILES string of the molecule is COc1cccc(N(CCCC(=O)NC(C(C)C)C(C)C)S(C)(=O)=O)c1. The van der Waals surface area contributed by atoms with Crippen molar-refractivity contribution in [3.8, 4) is 5.75 Å². The van der Waals surface area contributed by atoms with Crippen molar-refractivity contribution in [1.82, 2.24) is 5.32 Å². The van der Waals surface area contributed by atoms with Gasteiger partial charge in [0.15, 0.2) is 0 Å². The van der Waals surface area contributed by atoms with Crippen LogP contribution in [0.15, 0.2) is 24.3 Å². The summed E-state index contributed by atoms with van der Waals surface area (Å²) < 4.78 is 30.8. The van der Waals surface area contributed by atoms with Crippen LogP contribution in [-0.4, -0.2) is 40.3 Å². The molecule has 0 aliphatic carbocycles. The number of hydrogen-bond acceptors (Lipinski definition) is 4. The molecule has 0 radical (unpaired) electrons. The van der Waals surface area contributed by atoms with Gasteiger partial charge in [-0.2, -0.15) is 0 Å². The minimum absolute atomic E-state index is 0.0449. The standard InChI is InChI=1S/C19H32N2O4S/c1-14(2)19(15(3)4)20-18(22)11-8-12-21(26(6,23)24)16-9-7-10-17(13-16)25-5/h7,9-10,13-15,19H,8,11-12H2,1-6H3,(H,20,22). The Kier molecular flexibility index (Phi) is 8.40. The summed E-state index contributed by atoms with van der Waals surface area (Å²) in [7, 11) is -1.91. The van der Waals surface area contributed by atoms with Crippen LogP contribution in [0.2, 0.25) is 0 Å². The molecule has 1 aromatic carbocycles. The molecule has 1 N–H and O–H groups in total. The number of benzene rings is 1. The van der Waals surface area contributed by atoms with E-state index in [4.69, 9.17) is 4.74 Å². The predicted octanol–water partition coefficient (Wildman–Crippen LogP) is 3.04. The van der Waals surface area contributed by atoms with Crippen LogP contribution in [0.5, 0.6) is 5.75 Å². The Morgan fingerprint density at radius 2 is 1.81 bits per heavy atom. The molecule has 0 saturated carbocycles. The van der Waals surface area contributed by atoms with Crippen molar-refractivity contribution in [2.45, 2.75) is 46.6 Å². The highest BCUT2D eigenvalue weighted by Gasteiger charge is 2.21. The highest BCUT2D eigenvalue weighted by molar-refractivity contribution is 7.92. The van der Waals surface area contributed by atoms with Gasteiger partial charge in [0.25, 0.3) is 0 Å². The number of rotatable bonds is 10. The number of ether oxygens (including phenoxy) is 1. The van der Waals surface area contributed by atoms with E-state index < -0.39 is 10.0 Å². The van der Waals surface area contributed by atoms with Crippen LogP contribution in [0.1, 0.15) is 40.5 Å². The number of amides is 1. The smallest absolute Gasteiger partial charge is 0.232 e. The number of hydrogen-bond donors (Lipinski definition) is 1. The minimum atomic E-state index is -3.44. The van der Waals surface area contributed by atoms with Gasteiger partial charge < -0.3 is 10.1 Å². The van der Waals surface area contributed by atoms with E-state index in [0.29, 0.717) is 29.7 Å². The fraction of sp³-hybridized carbons (Fsp3) is 0.632. The molecule has 0 aliphatic rings. The Hall–Kier alpha value is -1.76. The lowest BCUT2D eigenvalue weighted by Gasteiger charge is -2.26. The van der Waals surface area contributed by atoms with Crippen molar-refractivity contribution in [3.05, 3.63) is 24.3 Å². The van der Waals surface area contributed by atoms with E-state index in [0.717, 1.165) is 0 Å². The van der Waals surface area contributed by atoms with Gasteiger partial charge in [-0.1, -0.05) is 33.8 Å². The van der Waals surface area contributed by atoms with Crippen LogP contribution in [0.3, 0.4) is 0 Å². The maximum Gasteiger partial charge on any atom is 0.232 e. The molecule has 0 fully saturated rings. The largest absolute Gasteiger partial charge is 0.497 e. The number of nitrogens with one attached hydrogen (secondary N) is 1. The fourth-order valence-corrected chi connectivity index (χ4v) is 3.95. The molecule has 0 heterocycles. The monoisotopic (exact) mass is 384 g/mol. The van der Waals surface area contributed by atoms with Gasteiger partial charge in [0.2, 0.25) is 15.9 Å². The minimum Gasteiger partial charge on any atom is -0.497 e. The molecule has 0 unspecified atom stereocenters. The third-order valence-corrected chi connectivity index (χ3v) is 5.46. The Labute approximate surface area is 158 Å². The lowest BCUT2D eigenvalue weighted by atomic mass is 9.93. The molecule has 26 heavy (non-hydrogen) atoms. The van der Waals surface area contributed by atoms with Crippen LogP contribution < -0.4 is 14.4 Å². The summed E-state index contributed by atoms with van der Waals surface area (Å²) in [6.45, 7) is 8.57. The molecular formula is C19H32N2O4S. The second-order valence-electron chi connectivity index (χ2n) is 7.22. The third kappa shape index (κ3) is 6.86. The van der Waals surface area contributed by atoms with Crippen molar-refractivity contribution in [1.29, 1.82) is 0 Å². The van der Waals surface area contributed by atoms with Gasteiger partial charge in [0.1, 0.15) is 5.75 Å². The molecule has 0 saturated heterocycles. The van der Waals surface area contributed by atoms with Crippen LogP contribution in [0.4, 0.5) is 5.69 Å².